The topological polar surface area (TPSA) is 81.7 Å². The van der Waals surface area contributed by atoms with Crippen LogP contribution in [0, 0.1) is 17.0 Å². The molecule has 1 amide bonds. The fraction of sp³-hybridized carbons (Fsp3) is 0.280. The Labute approximate surface area is 216 Å². The van der Waals surface area contributed by atoms with Crippen LogP contribution in [0.2, 0.25) is 5.02 Å². The van der Waals surface area contributed by atoms with Gasteiger partial charge in [0.15, 0.2) is 18.4 Å². The highest BCUT2D eigenvalue weighted by Gasteiger charge is 2.39. The van der Waals surface area contributed by atoms with Gasteiger partial charge in [-0.15, -0.1) is 11.3 Å². The standard InChI is InChI=1S/C25H25ClF2NO5PS/c1-25(2,3)24(31)33-14-34-35(4,32)22(18-13-36-21-8-6-16(26)12-17(18)21)23(30)29-10-9-15-5-7-19(27)20(28)11-15/h5-13,22H,14H2,1-4H3,(H,29,30)/b10-9+. The van der Waals surface area contributed by atoms with Crippen molar-refractivity contribution in [3.8, 4) is 0 Å². The van der Waals surface area contributed by atoms with Crippen molar-refractivity contribution in [1.82, 2.24) is 5.32 Å². The summed E-state index contributed by atoms with van der Waals surface area (Å²) in [4.78, 5) is 25.4. The summed E-state index contributed by atoms with van der Waals surface area (Å²) in [6, 6.07) is 8.44. The monoisotopic (exact) mass is 555 g/mol. The molecule has 2 unspecified atom stereocenters. The number of ether oxygens (including phenoxy) is 1. The first-order valence-corrected chi connectivity index (χ1v) is 14.2. The second-order valence-corrected chi connectivity index (χ2v) is 13.0. The molecule has 0 aliphatic heterocycles. The van der Waals surface area contributed by atoms with Gasteiger partial charge in [-0.1, -0.05) is 17.7 Å². The van der Waals surface area contributed by atoms with Gasteiger partial charge in [-0.2, -0.15) is 0 Å². The van der Waals surface area contributed by atoms with E-state index in [-0.39, 0.29) is 0 Å². The quantitative estimate of drug-likeness (QED) is 0.182. The first kappa shape index (κ1) is 28.0. The minimum absolute atomic E-state index is 0.309. The van der Waals surface area contributed by atoms with E-state index in [1.54, 1.807) is 44.4 Å². The van der Waals surface area contributed by atoms with Crippen LogP contribution in [0.4, 0.5) is 8.78 Å². The van der Waals surface area contributed by atoms with E-state index in [0.29, 0.717) is 21.5 Å². The highest BCUT2D eigenvalue weighted by atomic mass is 35.5. The van der Waals surface area contributed by atoms with Gasteiger partial charge in [0.05, 0.1) is 5.41 Å². The lowest BCUT2D eigenvalue weighted by atomic mass is 9.98. The zero-order valence-corrected chi connectivity index (χ0v) is 22.5. The van der Waals surface area contributed by atoms with Gasteiger partial charge in [0.1, 0.15) is 5.66 Å². The Bertz CT molecular complexity index is 1370. The number of carbonyl (C=O) groups excluding carboxylic acids is 2. The number of hydrogen-bond donors (Lipinski definition) is 1. The molecule has 0 aliphatic rings. The van der Waals surface area contributed by atoms with Crippen molar-refractivity contribution in [1.29, 1.82) is 0 Å². The highest BCUT2D eigenvalue weighted by molar-refractivity contribution is 7.59. The van der Waals surface area contributed by atoms with Gasteiger partial charge < -0.3 is 10.1 Å². The number of carbonyl (C=O) groups is 2. The van der Waals surface area contributed by atoms with Gasteiger partial charge in [0.25, 0.3) is 0 Å². The predicted octanol–water partition coefficient (Wildman–Crippen LogP) is 7.13. The van der Waals surface area contributed by atoms with Gasteiger partial charge in [-0.3, -0.25) is 18.7 Å². The number of fused-ring (bicyclic) bond motifs is 1. The van der Waals surface area contributed by atoms with E-state index in [1.165, 1.54) is 36.3 Å². The van der Waals surface area contributed by atoms with E-state index in [2.05, 4.69) is 5.32 Å². The molecule has 2 atom stereocenters. The summed E-state index contributed by atoms with van der Waals surface area (Å²) in [5.41, 5.74) is -1.32. The van der Waals surface area contributed by atoms with Crippen molar-refractivity contribution >= 4 is 58.3 Å². The zero-order chi connectivity index (χ0) is 26.7. The first-order valence-electron chi connectivity index (χ1n) is 10.8. The fourth-order valence-corrected chi connectivity index (χ4v) is 6.10. The van der Waals surface area contributed by atoms with Crippen LogP contribution in [0.1, 0.15) is 37.6 Å². The number of thiophene rings is 1. The van der Waals surface area contributed by atoms with Gasteiger partial charge in [-0.05, 0) is 79.1 Å². The number of hydrogen-bond acceptors (Lipinski definition) is 6. The summed E-state index contributed by atoms with van der Waals surface area (Å²) in [7, 11) is -3.77. The second kappa shape index (κ2) is 11.2. The average Bonchev–Trinajstić information content (AvgIpc) is 3.17. The summed E-state index contributed by atoms with van der Waals surface area (Å²) in [5.74, 6) is -3.23. The van der Waals surface area contributed by atoms with Crippen molar-refractivity contribution in [2.24, 2.45) is 5.41 Å². The smallest absolute Gasteiger partial charge is 0.313 e. The Balaban J connectivity index is 1.89. The first-order chi connectivity index (χ1) is 16.8. The van der Waals surface area contributed by atoms with E-state index in [0.717, 1.165) is 16.8 Å². The molecule has 3 rings (SSSR count). The van der Waals surface area contributed by atoms with E-state index >= 15 is 0 Å². The molecular weight excluding hydrogens is 531 g/mol. The number of esters is 1. The number of halogens is 3. The predicted molar refractivity (Wildman–Crippen MR) is 138 cm³/mol. The van der Waals surface area contributed by atoms with Crippen molar-refractivity contribution in [3.63, 3.8) is 0 Å². The molecule has 0 saturated carbocycles. The van der Waals surface area contributed by atoms with Crippen LogP contribution in [-0.4, -0.2) is 25.3 Å². The van der Waals surface area contributed by atoms with Crippen molar-refractivity contribution in [2.75, 3.05) is 13.5 Å². The second-order valence-electron chi connectivity index (χ2n) is 9.09. The maximum atomic E-state index is 13.7. The minimum atomic E-state index is -3.77. The van der Waals surface area contributed by atoms with Crippen LogP contribution < -0.4 is 5.32 Å². The highest BCUT2D eigenvalue weighted by Crippen LogP contribution is 2.59. The van der Waals surface area contributed by atoms with Gasteiger partial charge in [0, 0.05) is 22.6 Å². The number of benzene rings is 2. The summed E-state index contributed by atoms with van der Waals surface area (Å²) >= 11 is 7.50. The molecule has 0 radical (unpaired) electrons. The fourth-order valence-electron chi connectivity index (χ4n) is 3.23. The van der Waals surface area contributed by atoms with Crippen molar-refractivity contribution in [2.45, 2.75) is 26.4 Å². The molecule has 1 N–H and O–H groups in total. The largest absolute Gasteiger partial charge is 0.438 e. The van der Waals surface area contributed by atoms with Crippen molar-refractivity contribution in [3.05, 3.63) is 75.8 Å². The van der Waals surface area contributed by atoms with Crippen LogP contribution in [-0.2, 0) is 23.4 Å². The molecule has 0 aliphatic carbocycles. The molecule has 11 heteroatoms. The lowest BCUT2D eigenvalue weighted by Crippen LogP contribution is -2.27. The van der Waals surface area contributed by atoms with Crippen LogP contribution >= 0.6 is 30.3 Å². The third-order valence-electron chi connectivity index (χ3n) is 5.13. The van der Waals surface area contributed by atoms with E-state index in [9.17, 15) is 22.9 Å². The molecule has 0 saturated heterocycles. The summed E-state index contributed by atoms with van der Waals surface area (Å²) in [6.45, 7) is 5.68. The maximum Gasteiger partial charge on any atom is 0.313 e. The Morgan fingerprint density at radius 3 is 2.56 bits per heavy atom. The van der Waals surface area contributed by atoms with Crippen LogP contribution in [0.3, 0.4) is 0 Å². The third-order valence-corrected chi connectivity index (χ3v) is 8.42. The lowest BCUT2D eigenvalue weighted by molar-refractivity contribution is -0.159. The number of amides is 1. The van der Waals surface area contributed by atoms with Gasteiger partial charge >= 0.3 is 5.97 Å². The lowest BCUT2D eigenvalue weighted by Gasteiger charge is -2.24. The minimum Gasteiger partial charge on any atom is -0.438 e. The SMILES string of the molecule is CC(C)(C)C(=O)OCOP(C)(=O)C(C(=O)N/C=C/c1ccc(F)c(F)c1)c1csc2ccc(Cl)cc12. The number of rotatable bonds is 8. The molecule has 0 spiro atoms. The molecule has 2 aromatic carbocycles. The average molecular weight is 556 g/mol. The van der Waals surface area contributed by atoms with Gasteiger partial charge in [0.2, 0.25) is 13.3 Å². The molecule has 0 bridgehead atoms. The molecule has 1 heterocycles. The van der Waals surface area contributed by atoms with E-state index < -0.39 is 48.7 Å². The summed E-state index contributed by atoms with van der Waals surface area (Å²) in [6.07, 6.45) is 2.61. The Morgan fingerprint density at radius 1 is 1.17 bits per heavy atom. The number of nitrogens with one attached hydrogen (secondary N) is 1. The molecule has 3 aromatic rings. The normalized spacial score (nSPS) is 14.5. The van der Waals surface area contributed by atoms with Crippen LogP contribution in [0.25, 0.3) is 16.2 Å². The zero-order valence-electron chi connectivity index (χ0n) is 20.0. The molecule has 36 heavy (non-hydrogen) atoms. The summed E-state index contributed by atoms with van der Waals surface area (Å²) in [5, 5.41) is 5.31. The van der Waals surface area contributed by atoms with Crippen molar-refractivity contribution < 1.29 is 32.2 Å². The van der Waals surface area contributed by atoms with Gasteiger partial charge in [-0.25, -0.2) is 8.78 Å². The Kier molecular flexibility index (Phi) is 8.72. The van der Waals surface area contributed by atoms with E-state index in [4.69, 9.17) is 20.9 Å². The van der Waals surface area contributed by atoms with Crippen LogP contribution in [0.15, 0.2) is 48.0 Å². The Morgan fingerprint density at radius 2 is 1.89 bits per heavy atom. The summed E-state index contributed by atoms with van der Waals surface area (Å²) < 4.78 is 51.7. The van der Waals surface area contributed by atoms with Crippen LogP contribution in [0.5, 0.6) is 0 Å². The third kappa shape index (κ3) is 6.79. The molecule has 192 valence electrons. The molecule has 6 nitrogen and oxygen atoms in total. The molecular formula is C25H25ClF2NO5PS. The van der Waals surface area contributed by atoms with E-state index in [1.807, 2.05) is 0 Å². The molecule has 1 aromatic heterocycles. The Hall–Kier alpha value is -2.58. The maximum absolute atomic E-state index is 13.7. The molecule has 0 fully saturated rings.